The lowest BCUT2D eigenvalue weighted by Gasteiger charge is -2.47. The van der Waals surface area contributed by atoms with E-state index in [1.807, 2.05) is 0 Å². The Bertz CT molecular complexity index is 271. The molecule has 3 heteroatoms. The first-order valence-corrected chi connectivity index (χ1v) is 8.23. The molecule has 2 rings (SSSR count). The van der Waals surface area contributed by atoms with Crippen LogP contribution < -0.4 is 5.73 Å². The van der Waals surface area contributed by atoms with Gasteiger partial charge in [-0.05, 0) is 38.0 Å². The summed E-state index contributed by atoms with van der Waals surface area (Å²) in [6.07, 6.45) is 7.06. The van der Waals surface area contributed by atoms with E-state index in [1.54, 1.807) is 0 Å². The number of nitrogens with zero attached hydrogens (tertiary/aromatic N) is 1. The van der Waals surface area contributed by atoms with E-state index < -0.39 is 0 Å². The molecule has 112 valence electrons. The summed E-state index contributed by atoms with van der Waals surface area (Å²) in [5.74, 6) is 1.68. The third-order valence-electron chi connectivity index (χ3n) is 5.17. The summed E-state index contributed by atoms with van der Waals surface area (Å²) in [5, 5.41) is 0. The fourth-order valence-corrected chi connectivity index (χ4v) is 4.06. The lowest BCUT2D eigenvalue weighted by molar-refractivity contribution is -0.0833. The summed E-state index contributed by atoms with van der Waals surface area (Å²) < 4.78 is 5.83. The fraction of sp³-hybridized carbons (Fsp3) is 1.00. The van der Waals surface area contributed by atoms with Gasteiger partial charge in [0.25, 0.3) is 0 Å². The van der Waals surface area contributed by atoms with Crippen LogP contribution in [0.1, 0.15) is 52.9 Å². The molecular weight excluding hydrogens is 236 g/mol. The molecule has 0 radical (unpaired) electrons. The normalized spacial score (nSPS) is 39.2. The van der Waals surface area contributed by atoms with Gasteiger partial charge >= 0.3 is 0 Å². The van der Waals surface area contributed by atoms with Crippen LogP contribution in [-0.4, -0.2) is 42.8 Å². The molecule has 0 aromatic carbocycles. The van der Waals surface area contributed by atoms with E-state index in [4.69, 9.17) is 10.5 Å². The van der Waals surface area contributed by atoms with E-state index in [2.05, 4.69) is 25.7 Å². The molecule has 1 aliphatic heterocycles. The minimum absolute atomic E-state index is 0.359. The SMILES string of the molecule is CCC1COC(C)CN1C(CN)C1CCCC(C)C1. The van der Waals surface area contributed by atoms with Gasteiger partial charge in [-0.2, -0.15) is 0 Å². The van der Waals surface area contributed by atoms with Gasteiger partial charge in [-0.1, -0.05) is 26.7 Å². The van der Waals surface area contributed by atoms with Crippen molar-refractivity contribution >= 4 is 0 Å². The van der Waals surface area contributed by atoms with E-state index in [1.165, 1.54) is 32.1 Å². The minimum atomic E-state index is 0.359. The zero-order chi connectivity index (χ0) is 13.8. The van der Waals surface area contributed by atoms with Gasteiger partial charge in [0.15, 0.2) is 0 Å². The number of rotatable bonds is 4. The van der Waals surface area contributed by atoms with Crippen molar-refractivity contribution in [2.24, 2.45) is 17.6 Å². The lowest BCUT2D eigenvalue weighted by Crippen LogP contribution is -2.57. The molecule has 1 aliphatic carbocycles. The predicted molar refractivity (Wildman–Crippen MR) is 80.2 cm³/mol. The highest BCUT2D eigenvalue weighted by atomic mass is 16.5. The van der Waals surface area contributed by atoms with Gasteiger partial charge in [0, 0.05) is 25.2 Å². The fourth-order valence-electron chi connectivity index (χ4n) is 4.06. The van der Waals surface area contributed by atoms with E-state index in [-0.39, 0.29) is 0 Å². The maximum absolute atomic E-state index is 6.16. The second-order valence-corrected chi connectivity index (χ2v) is 6.74. The zero-order valence-electron chi connectivity index (χ0n) is 13.0. The molecular formula is C16H32N2O. The molecule has 1 saturated carbocycles. The Morgan fingerprint density at radius 1 is 1.32 bits per heavy atom. The first-order valence-electron chi connectivity index (χ1n) is 8.23. The van der Waals surface area contributed by atoms with Crippen LogP contribution in [0.3, 0.4) is 0 Å². The van der Waals surface area contributed by atoms with Gasteiger partial charge in [-0.25, -0.2) is 0 Å². The maximum Gasteiger partial charge on any atom is 0.0674 e. The number of nitrogens with two attached hydrogens (primary N) is 1. The van der Waals surface area contributed by atoms with E-state index in [0.717, 1.165) is 31.5 Å². The summed E-state index contributed by atoms with van der Waals surface area (Å²) in [6.45, 7) is 9.62. The summed E-state index contributed by atoms with van der Waals surface area (Å²) in [5.41, 5.74) is 6.16. The molecule has 2 aliphatic rings. The quantitative estimate of drug-likeness (QED) is 0.852. The van der Waals surface area contributed by atoms with Crippen molar-refractivity contribution in [3.63, 3.8) is 0 Å². The Kier molecular flexibility index (Phi) is 5.67. The van der Waals surface area contributed by atoms with Crippen LogP contribution in [0.25, 0.3) is 0 Å². The molecule has 0 aromatic heterocycles. The minimum Gasteiger partial charge on any atom is -0.376 e. The van der Waals surface area contributed by atoms with Crippen molar-refractivity contribution in [1.82, 2.24) is 4.90 Å². The average molecular weight is 268 g/mol. The Balaban J connectivity index is 2.05. The van der Waals surface area contributed by atoms with Crippen LogP contribution in [0.2, 0.25) is 0 Å². The molecule has 19 heavy (non-hydrogen) atoms. The largest absolute Gasteiger partial charge is 0.376 e. The van der Waals surface area contributed by atoms with Gasteiger partial charge in [-0.3, -0.25) is 4.90 Å². The highest BCUT2D eigenvalue weighted by molar-refractivity contribution is 4.90. The molecule has 2 N–H and O–H groups in total. The van der Waals surface area contributed by atoms with Gasteiger partial charge in [0.2, 0.25) is 0 Å². The molecule has 0 bridgehead atoms. The maximum atomic E-state index is 6.16. The monoisotopic (exact) mass is 268 g/mol. The lowest BCUT2D eigenvalue weighted by atomic mass is 9.77. The molecule has 5 unspecified atom stereocenters. The molecule has 1 saturated heterocycles. The molecule has 0 aromatic rings. The van der Waals surface area contributed by atoms with Crippen LogP contribution in [-0.2, 0) is 4.74 Å². The zero-order valence-corrected chi connectivity index (χ0v) is 13.0. The average Bonchev–Trinajstić information content (AvgIpc) is 2.40. The second kappa shape index (κ2) is 7.05. The summed E-state index contributed by atoms with van der Waals surface area (Å²) in [6, 6.07) is 1.14. The van der Waals surface area contributed by atoms with Crippen molar-refractivity contribution in [1.29, 1.82) is 0 Å². The van der Waals surface area contributed by atoms with Crippen LogP contribution in [0.5, 0.6) is 0 Å². The van der Waals surface area contributed by atoms with Crippen molar-refractivity contribution in [2.45, 2.75) is 71.1 Å². The first-order chi connectivity index (χ1) is 9.15. The van der Waals surface area contributed by atoms with Gasteiger partial charge in [0.1, 0.15) is 0 Å². The molecule has 1 heterocycles. The first kappa shape index (κ1) is 15.3. The Labute approximate surface area is 118 Å². The Hall–Kier alpha value is -0.120. The summed E-state index contributed by atoms with van der Waals surface area (Å²) in [7, 11) is 0. The van der Waals surface area contributed by atoms with Gasteiger partial charge in [0.05, 0.1) is 12.7 Å². The third kappa shape index (κ3) is 3.71. The predicted octanol–water partition coefficient (Wildman–Crippen LogP) is 2.64. The van der Waals surface area contributed by atoms with E-state index >= 15 is 0 Å². The Morgan fingerprint density at radius 3 is 2.74 bits per heavy atom. The van der Waals surface area contributed by atoms with Crippen LogP contribution in [0.4, 0.5) is 0 Å². The number of hydrogen-bond donors (Lipinski definition) is 1. The highest BCUT2D eigenvalue weighted by Gasteiger charge is 2.36. The van der Waals surface area contributed by atoms with Gasteiger partial charge < -0.3 is 10.5 Å². The van der Waals surface area contributed by atoms with Crippen LogP contribution >= 0.6 is 0 Å². The van der Waals surface area contributed by atoms with Crippen molar-refractivity contribution < 1.29 is 4.74 Å². The van der Waals surface area contributed by atoms with Crippen LogP contribution in [0, 0.1) is 11.8 Å². The van der Waals surface area contributed by atoms with Crippen molar-refractivity contribution in [3.8, 4) is 0 Å². The number of hydrogen-bond acceptors (Lipinski definition) is 3. The van der Waals surface area contributed by atoms with Gasteiger partial charge in [-0.15, -0.1) is 0 Å². The van der Waals surface area contributed by atoms with Crippen molar-refractivity contribution in [2.75, 3.05) is 19.7 Å². The highest BCUT2D eigenvalue weighted by Crippen LogP contribution is 2.34. The molecule has 5 atom stereocenters. The second-order valence-electron chi connectivity index (χ2n) is 6.74. The molecule has 3 nitrogen and oxygen atoms in total. The number of morpholine rings is 1. The molecule has 0 spiro atoms. The van der Waals surface area contributed by atoms with Crippen molar-refractivity contribution in [3.05, 3.63) is 0 Å². The van der Waals surface area contributed by atoms with E-state index in [9.17, 15) is 0 Å². The summed E-state index contributed by atoms with van der Waals surface area (Å²) in [4.78, 5) is 2.68. The summed E-state index contributed by atoms with van der Waals surface area (Å²) >= 11 is 0. The molecule has 0 amide bonds. The third-order valence-corrected chi connectivity index (χ3v) is 5.17. The number of ether oxygens (including phenoxy) is 1. The standard InChI is InChI=1S/C16H32N2O/c1-4-15-11-19-13(3)10-18(15)16(9-17)14-7-5-6-12(2)8-14/h12-16H,4-11,17H2,1-3H3. The smallest absolute Gasteiger partial charge is 0.0674 e. The molecule has 2 fully saturated rings. The Morgan fingerprint density at radius 2 is 2.11 bits per heavy atom. The topological polar surface area (TPSA) is 38.5 Å². The van der Waals surface area contributed by atoms with Crippen LogP contribution in [0.15, 0.2) is 0 Å². The van der Waals surface area contributed by atoms with E-state index in [0.29, 0.717) is 18.2 Å².